The second-order valence-electron chi connectivity index (χ2n) is 6.58. The summed E-state index contributed by atoms with van der Waals surface area (Å²) in [5.41, 5.74) is 0. The van der Waals surface area contributed by atoms with E-state index in [1.54, 1.807) is 6.26 Å². The topological polar surface area (TPSA) is 56.0 Å². The summed E-state index contributed by atoms with van der Waals surface area (Å²) < 4.78 is 5.67. The van der Waals surface area contributed by atoms with Crippen LogP contribution < -0.4 is 10.6 Å². The highest BCUT2D eigenvalue weighted by Crippen LogP contribution is 2.25. The predicted molar refractivity (Wildman–Crippen MR) is 99.4 cm³/mol. The van der Waals surface area contributed by atoms with E-state index in [9.17, 15) is 0 Å². The molecule has 0 amide bonds. The van der Waals surface area contributed by atoms with Crippen LogP contribution in [0.5, 0.6) is 0 Å². The lowest BCUT2D eigenvalue weighted by molar-refractivity contribution is 0.221. The molecule has 1 aromatic rings. The molecule has 1 aromatic heterocycles. The number of nitrogens with zero attached hydrogens (tertiary/aromatic N) is 3. The summed E-state index contributed by atoms with van der Waals surface area (Å²) in [6, 6.07) is 4.27. The van der Waals surface area contributed by atoms with Crippen LogP contribution >= 0.6 is 0 Å². The van der Waals surface area contributed by atoms with Crippen molar-refractivity contribution in [2.75, 3.05) is 53.4 Å². The van der Waals surface area contributed by atoms with E-state index in [4.69, 9.17) is 9.41 Å². The normalized spacial score (nSPS) is 17.4. The van der Waals surface area contributed by atoms with E-state index in [1.807, 2.05) is 6.07 Å². The Morgan fingerprint density at radius 1 is 1.33 bits per heavy atom. The van der Waals surface area contributed by atoms with E-state index in [1.165, 1.54) is 12.8 Å². The fourth-order valence-corrected chi connectivity index (χ4v) is 3.04. The molecule has 1 saturated heterocycles. The Morgan fingerprint density at radius 2 is 2.12 bits per heavy atom. The SMILES string of the molecule is CCNC(=NCC(c1ccco1)N1CCCC1)NCCCN(C)C. The summed E-state index contributed by atoms with van der Waals surface area (Å²) in [5, 5.41) is 6.77. The molecule has 1 aliphatic rings. The van der Waals surface area contributed by atoms with Crippen molar-refractivity contribution in [3.8, 4) is 0 Å². The number of hydrogen-bond acceptors (Lipinski definition) is 4. The van der Waals surface area contributed by atoms with Gasteiger partial charge in [-0.3, -0.25) is 9.89 Å². The van der Waals surface area contributed by atoms with Crippen LogP contribution in [0.1, 0.15) is 38.0 Å². The Morgan fingerprint density at radius 3 is 2.75 bits per heavy atom. The molecule has 2 rings (SSSR count). The predicted octanol–water partition coefficient (Wildman–Crippen LogP) is 1.92. The van der Waals surface area contributed by atoms with E-state index in [0.29, 0.717) is 0 Å². The molecule has 1 unspecified atom stereocenters. The second kappa shape index (κ2) is 10.4. The molecule has 6 heteroatoms. The van der Waals surface area contributed by atoms with Gasteiger partial charge in [-0.1, -0.05) is 0 Å². The Balaban J connectivity index is 1.92. The van der Waals surface area contributed by atoms with Crippen LogP contribution in [0.3, 0.4) is 0 Å². The molecule has 0 bridgehead atoms. The lowest BCUT2D eigenvalue weighted by Crippen LogP contribution is -2.39. The fraction of sp³-hybridized carbons (Fsp3) is 0.722. The van der Waals surface area contributed by atoms with Gasteiger partial charge in [0.05, 0.1) is 18.8 Å². The third-order valence-corrected chi connectivity index (χ3v) is 4.29. The quantitative estimate of drug-likeness (QED) is 0.410. The van der Waals surface area contributed by atoms with Crippen molar-refractivity contribution in [1.29, 1.82) is 0 Å². The molecule has 24 heavy (non-hydrogen) atoms. The van der Waals surface area contributed by atoms with Gasteiger partial charge < -0.3 is 20.0 Å². The first kappa shape index (κ1) is 18.8. The number of rotatable bonds is 9. The number of guanidine groups is 1. The first-order valence-corrected chi connectivity index (χ1v) is 9.15. The first-order valence-electron chi connectivity index (χ1n) is 9.15. The minimum atomic E-state index is 0.236. The zero-order chi connectivity index (χ0) is 17.2. The number of nitrogens with one attached hydrogen (secondary N) is 2. The van der Waals surface area contributed by atoms with Crippen LogP contribution in [0.25, 0.3) is 0 Å². The van der Waals surface area contributed by atoms with Crippen molar-refractivity contribution in [2.45, 2.75) is 32.2 Å². The van der Waals surface area contributed by atoms with Crippen LogP contribution in [0.15, 0.2) is 27.8 Å². The highest BCUT2D eigenvalue weighted by molar-refractivity contribution is 5.79. The number of furan rings is 1. The Kier molecular flexibility index (Phi) is 8.12. The lowest BCUT2D eigenvalue weighted by atomic mass is 10.2. The van der Waals surface area contributed by atoms with Gasteiger partial charge in [0.1, 0.15) is 5.76 Å². The molecule has 0 saturated carbocycles. The summed E-state index contributed by atoms with van der Waals surface area (Å²) in [5.74, 6) is 1.91. The summed E-state index contributed by atoms with van der Waals surface area (Å²) >= 11 is 0. The highest BCUT2D eigenvalue weighted by Gasteiger charge is 2.25. The molecule has 1 aliphatic heterocycles. The van der Waals surface area contributed by atoms with Gasteiger partial charge in [0.15, 0.2) is 5.96 Å². The van der Waals surface area contributed by atoms with Crippen LogP contribution in [-0.4, -0.2) is 69.1 Å². The van der Waals surface area contributed by atoms with Gasteiger partial charge in [0.25, 0.3) is 0 Å². The van der Waals surface area contributed by atoms with Crippen molar-refractivity contribution in [3.63, 3.8) is 0 Å². The Hall–Kier alpha value is -1.53. The molecule has 0 aliphatic carbocycles. The minimum Gasteiger partial charge on any atom is -0.468 e. The average Bonchev–Trinajstić information content (AvgIpc) is 3.25. The molecule has 2 N–H and O–H groups in total. The maximum absolute atomic E-state index is 5.67. The standard InChI is InChI=1S/C18H33N5O/c1-4-19-18(20-10-8-11-22(2)3)21-15-16(17-9-7-14-24-17)23-12-5-6-13-23/h7,9,14,16H,4-6,8,10-13,15H2,1-3H3,(H2,19,20,21). The van der Waals surface area contributed by atoms with Gasteiger partial charge in [-0.15, -0.1) is 0 Å². The molecule has 0 spiro atoms. The maximum atomic E-state index is 5.67. The van der Waals surface area contributed by atoms with Gasteiger partial charge in [0, 0.05) is 13.1 Å². The van der Waals surface area contributed by atoms with Gasteiger partial charge in [-0.05, 0) is 72.0 Å². The van der Waals surface area contributed by atoms with E-state index >= 15 is 0 Å². The van der Waals surface area contributed by atoms with Crippen molar-refractivity contribution in [3.05, 3.63) is 24.2 Å². The van der Waals surface area contributed by atoms with Gasteiger partial charge >= 0.3 is 0 Å². The highest BCUT2D eigenvalue weighted by atomic mass is 16.3. The maximum Gasteiger partial charge on any atom is 0.191 e. The van der Waals surface area contributed by atoms with Crippen LogP contribution in [0.4, 0.5) is 0 Å². The molecule has 1 atom stereocenters. The first-order chi connectivity index (χ1) is 11.7. The average molecular weight is 335 g/mol. The Bertz CT molecular complexity index is 466. The van der Waals surface area contributed by atoms with Crippen molar-refractivity contribution >= 4 is 5.96 Å². The summed E-state index contributed by atoms with van der Waals surface area (Å²) in [4.78, 5) is 9.49. The minimum absolute atomic E-state index is 0.236. The largest absolute Gasteiger partial charge is 0.468 e. The van der Waals surface area contributed by atoms with E-state index in [0.717, 1.165) is 57.4 Å². The third-order valence-electron chi connectivity index (χ3n) is 4.29. The van der Waals surface area contributed by atoms with E-state index in [-0.39, 0.29) is 6.04 Å². The van der Waals surface area contributed by atoms with Crippen LogP contribution in [-0.2, 0) is 0 Å². The lowest BCUT2D eigenvalue weighted by Gasteiger charge is -2.24. The van der Waals surface area contributed by atoms with Crippen LogP contribution in [0.2, 0.25) is 0 Å². The molecule has 2 heterocycles. The monoisotopic (exact) mass is 335 g/mol. The fourth-order valence-electron chi connectivity index (χ4n) is 3.04. The second-order valence-corrected chi connectivity index (χ2v) is 6.58. The number of aliphatic imine (C=N–C) groups is 1. The number of hydrogen-bond donors (Lipinski definition) is 2. The zero-order valence-corrected chi connectivity index (χ0v) is 15.4. The van der Waals surface area contributed by atoms with E-state index < -0.39 is 0 Å². The smallest absolute Gasteiger partial charge is 0.191 e. The summed E-state index contributed by atoms with van der Waals surface area (Å²) in [6.07, 6.45) is 5.39. The molecule has 0 radical (unpaired) electrons. The van der Waals surface area contributed by atoms with Gasteiger partial charge in [0.2, 0.25) is 0 Å². The summed E-state index contributed by atoms with van der Waals surface area (Å²) in [6.45, 7) is 7.96. The zero-order valence-electron chi connectivity index (χ0n) is 15.4. The molecule has 1 fully saturated rings. The summed E-state index contributed by atoms with van der Waals surface area (Å²) in [7, 11) is 4.20. The van der Waals surface area contributed by atoms with Crippen molar-refractivity contribution in [1.82, 2.24) is 20.4 Å². The van der Waals surface area contributed by atoms with Crippen molar-refractivity contribution < 1.29 is 4.42 Å². The van der Waals surface area contributed by atoms with Crippen LogP contribution in [0, 0.1) is 0 Å². The molecular formula is C18H33N5O. The molecular weight excluding hydrogens is 302 g/mol. The third kappa shape index (κ3) is 6.17. The number of likely N-dealkylation sites (tertiary alicyclic amines) is 1. The molecule has 136 valence electrons. The molecule has 6 nitrogen and oxygen atoms in total. The van der Waals surface area contributed by atoms with E-state index in [2.05, 4.69) is 47.5 Å². The van der Waals surface area contributed by atoms with Gasteiger partial charge in [-0.25, -0.2) is 0 Å². The molecule has 0 aromatic carbocycles. The Labute approximate surface area is 146 Å². The van der Waals surface area contributed by atoms with Gasteiger partial charge in [-0.2, -0.15) is 0 Å². The van der Waals surface area contributed by atoms with Crippen molar-refractivity contribution in [2.24, 2.45) is 4.99 Å².